The third kappa shape index (κ3) is 2.67. The Bertz CT molecular complexity index is 525. The molecule has 1 aromatic rings. The van der Waals surface area contributed by atoms with Crippen molar-refractivity contribution in [2.75, 3.05) is 23.0 Å². The first-order valence-corrected chi connectivity index (χ1v) is 7.97. The van der Waals surface area contributed by atoms with Gasteiger partial charge < -0.3 is 10.0 Å². The number of anilines is 1. The molecule has 0 radical (unpaired) electrons. The summed E-state index contributed by atoms with van der Waals surface area (Å²) in [5.74, 6) is 0.368. The van der Waals surface area contributed by atoms with E-state index in [0.29, 0.717) is 6.54 Å². The third-order valence-electron chi connectivity index (χ3n) is 3.37. The van der Waals surface area contributed by atoms with Gasteiger partial charge in [-0.1, -0.05) is 18.2 Å². The molecule has 0 aliphatic carbocycles. The molecule has 1 fully saturated rings. The van der Waals surface area contributed by atoms with E-state index in [1.807, 2.05) is 31.2 Å². The summed E-state index contributed by atoms with van der Waals surface area (Å²) in [6, 6.07) is 7.57. The fourth-order valence-corrected chi connectivity index (χ4v) is 4.02. The van der Waals surface area contributed by atoms with Gasteiger partial charge in [-0.2, -0.15) is 0 Å². The van der Waals surface area contributed by atoms with E-state index < -0.39 is 15.9 Å². The molecule has 1 saturated heterocycles. The number of nitrogens with zero attached hydrogens (tertiary/aromatic N) is 1. The highest BCUT2D eigenvalue weighted by Gasteiger charge is 2.29. The summed E-state index contributed by atoms with van der Waals surface area (Å²) in [4.78, 5) is 2.07. The van der Waals surface area contributed by atoms with Crippen molar-refractivity contribution in [3.05, 3.63) is 29.8 Å². The van der Waals surface area contributed by atoms with E-state index in [1.165, 1.54) is 0 Å². The van der Waals surface area contributed by atoms with Crippen LogP contribution in [0.3, 0.4) is 0 Å². The van der Waals surface area contributed by atoms with Gasteiger partial charge in [-0.05, 0) is 19.9 Å². The second-order valence-electron chi connectivity index (χ2n) is 4.89. The molecule has 0 spiro atoms. The smallest absolute Gasteiger partial charge is 0.154 e. The van der Waals surface area contributed by atoms with Crippen molar-refractivity contribution in [3.63, 3.8) is 0 Å². The topological polar surface area (TPSA) is 57.6 Å². The zero-order chi connectivity index (χ0) is 13.3. The van der Waals surface area contributed by atoms with E-state index in [2.05, 4.69) is 4.90 Å². The minimum absolute atomic E-state index is 0.0522. The van der Waals surface area contributed by atoms with E-state index in [-0.39, 0.29) is 17.5 Å². The molecule has 1 aliphatic heterocycles. The standard InChI is InChI=1S/C13H19NO3S/c1-10-9-18(16,17)8-7-14(10)13-6-4-3-5-12(13)11(2)15/h3-6,10-11,15H,7-9H2,1-2H3/t10?,11-/m0/s1. The summed E-state index contributed by atoms with van der Waals surface area (Å²) in [5.41, 5.74) is 1.79. The Labute approximate surface area is 108 Å². The van der Waals surface area contributed by atoms with Crippen molar-refractivity contribution in [2.24, 2.45) is 0 Å². The van der Waals surface area contributed by atoms with Gasteiger partial charge in [-0.25, -0.2) is 8.42 Å². The molecule has 0 amide bonds. The van der Waals surface area contributed by atoms with Crippen LogP contribution in [0, 0.1) is 0 Å². The fraction of sp³-hybridized carbons (Fsp3) is 0.538. The Balaban J connectivity index is 2.33. The number of aliphatic hydroxyl groups is 1. The molecule has 0 bridgehead atoms. The number of hydrogen-bond acceptors (Lipinski definition) is 4. The van der Waals surface area contributed by atoms with Gasteiger partial charge in [0.2, 0.25) is 0 Å². The van der Waals surface area contributed by atoms with Gasteiger partial charge in [0.05, 0.1) is 17.6 Å². The van der Waals surface area contributed by atoms with Gasteiger partial charge in [-0.15, -0.1) is 0 Å². The lowest BCUT2D eigenvalue weighted by Gasteiger charge is -2.36. The van der Waals surface area contributed by atoms with Crippen LogP contribution < -0.4 is 4.90 Å². The molecular weight excluding hydrogens is 250 g/mol. The first-order valence-electron chi connectivity index (χ1n) is 6.15. The van der Waals surface area contributed by atoms with E-state index >= 15 is 0 Å². The highest BCUT2D eigenvalue weighted by molar-refractivity contribution is 7.91. The van der Waals surface area contributed by atoms with Gasteiger partial charge in [0.15, 0.2) is 9.84 Å². The number of hydrogen-bond donors (Lipinski definition) is 1. The summed E-state index contributed by atoms with van der Waals surface area (Å²) in [7, 11) is -2.91. The van der Waals surface area contributed by atoms with Crippen molar-refractivity contribution in [2.45, 2.75) is 26.0 Å². The average molecular weight is 269 g/mol. The van der Waals surface area contributed by atoms with Crippen LogP contribution in [0.5, 0.6) is 0 Å². The number of aliphatic hydroxyl groups excluding tert-OH is 1. The lowest BCUT2D eigenvalue weighted by atomic mass is 10.1. The Morgan fingerprint density at radius 1 is 1.39 bits per heavy atom. The summed E-state index contributed by atoms with van der Waals surface area (Å²) >= 11 is 0. The summed E-state index contributed by atoms with van der Waals surface area (Å²) in [6.07, 6.45) is -0.549. The molecule has 5 heteroatoms. The van der Waals surface area contributed by atoms with E-state index in [4.69, 9.17) is 0 Å². The number of sulfone groups is 1. The van der Waals surface area contributed by atoms with Crippen molar-refractivity contribution in [1.29, 1.82) is 0 Å². The Kier molecular flexibility index (Phi) is 3.64. The van der Waals surface area contributed by atoms with Crippen LogP contribution in [0.15, 0.2) is 24.3 Å². The first-order chi connectivity index (χ1) is 8.41. The molecule has 4 nitrogen and oxygen atoms in total. The highest BCUT2D eigenvalue weighted by Crippen LogP contribution is 2.29. The maximum Gasteiger partial charge on any atom is 0.154 e. The normalized spacial score (nSPS) is 24.8. The van der Waals surface area contributed by atoms with Gasteiger partial charge in [-0.3, -0.25) is 0 Å². The SMILES string of the molecule is CC1CS(=O)(=O)CCN1c1ccccc1[C@H](C)O. The number of benzene rings is 1. The van der Waals surface area contributed by atoms with Gasteiger partial charge in [0.25, 0.3) is 0 Å². The largest absolute Gasteiger partial charge is 0.389 e. The van der Waals surface area contributed by atoms with E-state index in [9.17, 15) is 13.5 Å². The molecule has 0 aromatic heterocycles. The second-order valence-corrected chi connectivity index (χ2v) is 7.12. The minimum atomic E-state index is -2.91. The van der Waals surface area contributed by atoms with Crippen LogP contribution in [0.2, 0.25) is 0 Å². The Morgan fingerprint density at radius 3 is 2.67 bits per heavy atom. The highest BCUT2D eigenvalue weighted by atomic mass is 32.2. The predicted octanol–water partition coefficient (Wildman–Crippen LogP) is 1.36. The molecule has 2 rings (SSSR count). The molecule has 0 saturated carbocycles. The predicted molar refractivity (Wildman–Crippen MR) is 72.5 cm³/mol. The molecule has 1 heterocycles. The molecule has 1 unspecified atom stereocenters. The first kappa shape index (κ1) is 13.4. The third-order valence-corrected chi connectivity index (χ3v) is 5.16. The van der Waals surface area contributed by atoms with E-state index in [1.54, 1.807) is 6.92 Å². The summed E-state index contributed by atoms with van der Waals surface area (Å²) in [6.45, 7) is 4.13. The van der Waals surface area contributed by atoms with Gasteiger partial charge in [0.1, 0.15) is 0 Å². The quantitative estimate of drug-likeness (QED) is 0.881. The van der Waals surface area contributed by atoms with E-state index in [0.717, 1.165) is 11.3 Å². The molecule has 1 aromatic carbocycles. The zero-order valence-electron chi connectivity index (χ0n) is 10.7. The van der Waals surface area contributed by atoms with Crippen LogP contribution in [-0.2, 0) is 9.84 Å². The second kappa shape index (κ2) is 4.90. The lowest BCUT2D eigenvalue weighted by Crippen LogP contribution is -2.47. The average Bonchev–Trinajstić information content (AvgIpc) is 2.28. The Hall–Kier alpha value is -1.07. The van der Waals surface area contributed by atoms with Gasteiger partial charge >= 0.3 is 0 Å². The minimum Gasteiger partial charge on any atom is -0.389 e. The Morgan fingerprint density at radius 2 is 2.06 bits per heavy atom. The van der Waals surface area contributed by atoms with Crippen molar-refractivity contribution in [1.82, 2.24) is 0 Å². The fourth-order valence-electron chi connectivity index (χ4n) is 2.46. The molecular formula is C13H19NO3S. The van der Waals surface area contributed by atoms with Crippen molar-refractivity contribution in [3.8, 4) is 0 Å². The van der Waals surface area contributed by atoms with Crippen LogP contribution in [0.25, 0.3) is 0 Å². The number of rotatable bonds is 2. The molecule has 1 aliphatic rings. The lowest BCUT2D eigenvalue weighted by molar-refractivity contribution is 0.199. The molecule has 100 valence electrons. The number of para-hydroxylation sites is 1. The van der Waals surface area contributed by atoms with Crippen LogP contribution in [-0.4, -0.2) is 37.6 Å². The summed E-state index contributed by atoms with van der Waals surface area (Å²) < 4.78 is 23.2. The van der Waals surface area contributed by atoms with Crippen LogP contribution in [0.1, 0.15) is 25.5 Å². The summed E-state index contributed by atoms with van der Waals surface area (Å²) in [5, 5.41) is 9.78. The zero-order valence-corrected chi connectivity index (χ0v) is 11.5. The van der Waals surface area contributed by atoms with Crippen molar-refractivity contribution >= 4 is 15.5 Å². The maximum atomic E-state index is 11.6. The van der Waals surface area contributed by atoms with Crippen molar-refractivity contribution < 1.29 is 13.5 Å². The molecule has 18 heavy (non-hydrogen) atoms. The van der Waals surface area contributed by atoms with Crippen LogP contribution >= 0.6 is 0 Å². The monoisotopic (exact) mass is 269 g/mol. The molecule has 2 atom stereocenters. The van der Waals surface area contributed by atoms with Gasteiger partial charge in [0, 0.05) is 23.8 Å². The van der Waals surface area contributed by atoms with Crippen LogP contribution in [0.4, 0.5) is 5.69 Å². The maximum absolute atomic E-state index is 11.6. The molecule has 1 N–H and O–H groups in total.